The third kappa shape index (κ3) is 49.1. The first-order chi connectivity index (χ1) is 39.8. The topological polar surface area (TPSA) is 149 Å². The van der Waals surface area contributed by atoms with E-state index in [1.807, 2.05) is 6.08 Å². The van der Waals surface area contributed by atoms with E-state index in [4.69, 9.17) is 9.47 Å². The maximum Gasteiger partial charge on any atom is 0.220 e. The zero-order chi connectivity index (χ0) is 58.6. The summed E-state index contributed by atoms with van der Waals surface area (Å²) < 4.78 is 11.3. The summed E-state index contributed by atoms with van der Waals surface area (Å²) in [5.41, 5.74) is 0. The Morgan fingerprint density at radius 2 is 0.778 bits per heavy atom. The zero-order valence-electron chi connectivity index (χ0n) is 52.3. The van der Waals surface area contributed by atoms with E-state index in [-0.39, 0.29) is 12.5 Å². The highest BCUT2D eigenvalue weighted by atomic mass is 16.7. The van der Waals surface area contributed by atoms with Gasteiger partial charge >= 0.3 is 0 Å². The number of carbonyl (C=O) groups excluding carboxylic acids is 1. The molecule has 0 spiro atoms. The van der Waals surface area contributed by atoms with Crippen LogP contribution in [0.25, 0.3) is 0 Å². The summed E-state index contributed by atoms with van der Waals surface area (Å²) in [6.45, 7) is 3.66. The fourth-order valence-corrected chi connectivity index (χ4v) is 10.3. The summed E-state index contributed by atoms with van der Waals surface area (Å²) in [6, 6.07) is -0.840. The normalized spacial score (nSPS) is 19.0. The van der Waals surface area contributed by atoms with Gasteiger partial charge in [0, 0.05) is 6.42 Å². The molecule has 1 saturated heterocycles. The lowest BCUT2D eigenvalue weighted by atomic mass is 9.99. The number of carbonyl (C=O) groups is 1. The number of ether oxygens (including phenoxy) is 2. The summed E-state index contributed by atoms with van der Waals surface area (Å²) in [7, 11) is 0. The van der Waals surface area contributed by atoms with Crippen LogP contribution in [0.4, 0.5) is 0 Å². The second-order valence-corrected chi connectivity index (χ2v) is 23.2. The van der Waals surface area contributed by atoms with Gasteiger partial charge in [0.05, 0.1) is 25.4 Å². The molecule has 0 radical (unpaired) electrons. The number of nitrogens with one attached hydrogen (secondary N) is 1. The molecule has 1 amide bonds. The predicted octanol–water partition coefficient (Wildman–Crippen LogP) is 18.3. The van der Waals surface area contributed by atoms with Gasteiger partial charge in [-0.3, -0.25) is 4.79 Å². The minimum atomic E-state index is -1.58. The van der Waals surface area contributed by atoms with Crippen LogP contribution < -0.4 is 5.32 Å². The third-order valence-corrected chi connectivity index (χ3v) is 15.6. The Bertz CT molecular complexity index is 1600. The van der Waals surface area contributed by atoms with Gasteiger partial charge in [-0.25, -0.2) is 0 Å². The Hall–Kier alpha value is -2.89. The maximum atomic E-state index is 13.1. The molecule has 7 atom stereocenters. The van der Waals surface area contributed by atoms with Crippen molar-refractivity contribution < 1.29 is 39.8 Å². The van der Waals surface area contributed by atoms with Gasteiger partial charge in [-0.1, -0.05) is 297 Å². The van der Waals surface area contributed by atoms with Crippen molar-refractivity contribution in [2.24, 2.45) is 0 Å². The molecule has 0 saturated carbocycles. The highest BCUT2D eigenvalue weighted by Crippen LogP contribution is 2.23. The number of aliphatic hydroxyl groups is 5. The lowest BCUT2D eigenvalue weighted by Crippen LogP contribution is -2.60. The van der Waals surface area contributed by atoms with Crippen molar-refractivity contribution in [1.29, 1.82) is 0 Å². The van der Waals surface area contributed by atoms with E-state index in [9.17, 15) is 30.3 Å². The van der Waals surface area contributed by atoms with Crippen molar-refractivity contribution in [2.45, 2.75) is 339 Å². The molecule has 1 rings (SSSR count). The van der Waals surface area contributed by atoms with E-state index in [0.717, 1.165) is 89.9 Å². The summed E-state index contributed by atoms with van der Waals surface area (Å²) in [4.78, 5) is 13.1. The zero-order valence-corrected chi connectivity index (χ0v) is 52.3. The van der Waals surface area contributed by atoms with E-state index >= 15 is 0 Å². The van der Waals surface area contributed by atoms with Crippen LogP contribution in [-0.2, 0) is 14.3 Å². The number of hydrogen-bond acceptors (Lipinski definition) is 8. The Kier molecular flexibility index (Phi) is 56.6. The summed E-state index contributed by atoms with van der Waals surface area (Å²) >= 11 is 0. The highest BCUT2D eigenvalue weighted by Gasteiger charge is 2.44. The molecule has 1 aliphatic heterocycles. The van der Waals surface area contributed by atoms with Crippen LogP contribution in [0.3, 0.4) is 0 Å². The molecular formula is C72H127NO8. The minimum absolute atomic E-state index is 0.199. The fraction of sp³-hybridized carbons (Fsp3) is 0.764. The molecule has 0 aromatic heterocycles. The number of allylic oxidation sites excluding steroid dienone is 15. The molecule has 468 valence electrons. The molecule has 1 aliphatic rings. The largest absolute Gasteiger partial charge is 0.394 e. The van der Waals surface area contributed by atoms with Gasteiger partial charge < -0.3 is 40.3 Å². The van der Waals surface area contributed by atoms with Gasteiger partial charge in [0.2, 0.25) is 5.91 Å². The first kappa shape index (κ1) is 76.1. The summed E-state index contributed by atoms with van der Waals surface area (Å²) in [6.07, 6.45) is 80.8. The van der Waals surface area contributed by atoms with E-state index in [1.165, 1.54) is 186 Å². The van der Waals surface area contributed by atoms with E-state index in [0.29, 0.717) is 6.42 Å². The van der Waals surface area contributed by atoms with Gasteiger partial charge in [-0.05, 0) is 89.9 Å². The SMILES string of the molecule is CC/C=C\C/C=C\C/C=C\C/C=C\C/C=C\CCCCCCCCCCCC(=O)NC(COC1OC(CO)C(O)C(O)C1O)C(O)/C=C/CC/C=C/CC/C=C/CCCCCCCCCCCCCCCCCCCCCCCCC. The Labute approximate surface area is 498 Å². The van der Waals surface area contributed by atoms with Crippen molar-refractivity contribution >= 4 is 5.91 Å². The predicted molar refractivity (Wildman–Crippen MR) is 345 cm³/mol. The van der Waals surface area contributed by atoms with E-state index < -0.39 is 49.5 Å². The van der Waals surface area contributed by atoms with Crippen LogP contribution in [0.2, 0.25) is 0 Å². The van der Waals surface area contributed by atoms with Gasteiger partial charge in [0.15, 0.2) is 6.29 Å². The van der Waals surface area contributed by atoms with Crippen molar-refractivity contribution in [2.75, 3.05) is 13.2 Å². The number of rotatable bonds is 58. The first-order valence-electron chi connectivity index (χ1n) is 34.0. The number of aliphatic hydroxyl groups excluding tert-OH is 5. The van der Waals surface area contributed by atoms with Crippen molar-refractivity contribution in [3.63, 3.8) is 0 Å². The molecule has 81 heavy (non-hydrogen) atoms. The molecule has 1 heterocycles. The Balaban J connectivity index is 2.19. The molecule has 0 aliphatic carbocycles. The summed E-state index contributed by atoms with van der Waals surface area (Å²) in [5.74, 6) is -0.199. The Morgan fingerprint density at radius 1 is 0.432 bits per heavy atom. The molecule has 0 bridgehead atoms. The second kappa shape index (κ2) is 60.2. The average Bonchev–Trinajstić information content (AvgIpc) is 3.49. The molecular weight excluding hydrogens is 1010 g/mol. The van der Waals surface area contributed by atoms with E-state index in [2.05, 4.69) is 104 Å². The lowest BCUT2D eigenvalue weighted by molar-refractivity contribution is -0.302. The van der Waals surface area contributed by atoms with Crippen molar-refractivity contribution in [3.05, 3.63) is 97.2 Å². The van der Waals surface area contributed by atoms with Crippen molar-refractivity contribution in [1.82, 2.24) is 5.32 Å². The lowest BCUT2D eigenvalue weighted by Gasteiger charge is -2.40. The van der Waals surface area contributed by atoms with Crippen molar-refractivity contribution in [3.8, 4) is 0 Å². The standard InChI is InChI=1S/C72H127NO8/c1-3-5-7-9-11-13-15-17-19-21-23-25-27-29-30-31-32-33-34-35-36-38-39-41-43-45-47-49-51-53-55-57-59-61-66(75)65(64-80-72-71(79)70(78)69(77)67(63-74)81-72)73-68(76)62-60-58-56-54-52-50-48-46-44-42-40-37-28-26-24-22-20-18-16-14-12-10-8-6-4-2/h6,8,12,14,18,20,24,26,37,40,43,45,51,53,59,61,65-67,69-72,74-75,77-79H,3-5,7,9-11,13,15-17,19,21-23,25,27-36,38-39,41-42,44,46-50,52,54-58,60,62-64H2,1-2H3,(H,73,76)/b8-6-,14-12-,20-18-,26-24-,40-37-,45-43+,53-51+,61-59+. The van der Waals surface area contributed by atoms with Gasteiger partial charge in [0.1, 0.15) is 24.4 Å². The smallest absolute Gasteiger partial charge is 0.220 e. The summed E-state index contributed by atoms with van der Waals surface area (Å²) in [5, 5.41) is 54.7. The van der Waals surface area contributed by atoms with Crippen LogP contribution in [0.5, 0.6) is 0 Å². The number of amides is 1. The van der Waals surface area contributed by atoms with Gasteiger partial charge in [-0.15, -0.1) is 0 Å². The van der Waals surface area contributed by atoms with Crippen LogP contribution in [0.1, 0.15) is 296 Å². The molecule has 0 aromatic rings. The molecule has 9 heteroatoms. The first-order valence-corrected chi connectivity index (χ1v) is 34.0. The molecule has 0 aromatic carbocycles. The molecule has 9 nitrogen and oxygen atoms in total. The highest BCUT2D eigenvalue weighted by molar-refractivity contribution is 5.76. The quantitative estimate of drug-likeness (QED) is 0.0261. The average molecular weight is 1130 g/mol. The van der Waals surface area contributed by atoms with Gasteiger partial charge in [0.25, 0.3) is 0 Å². The van der Waals surface area contributed by atoms with Crippen LogP contribution >= 0.6 is 0 Å². The maximum absolute atomic E-state index is 13.1. The van der Waals surface area contributed by atoms with Gasteiger partial charge in [-0.2, -0.15) is 0 Å². The second-order valence-electron chi connectivity index (χ2n) is 23.2. The molecule has 6 N–H and O–H groups in total. The molecule has 1 fully saturated rings. The van der Waals surface area contributed by atoms with E-state index in [1.54, 1.807) is 6.08 Å². The van der Waals surface area contributed by atoms with Crippen LogP contribution in [0, 0.1) is 0 Å². The fourth-order valence-electron chi connectivity index (χ4n) is 10.3. The third-order valence-electron chi connectivity index (χ3n) is 15.6. The monoisotopic (exact) mass is 1130 g/mol. The number of unbranched alkanes of at least 4 members (excludes halogenated alkanes) is 34. The van der Waals surface area contributed by atoms with Crippen LogP contribution in [-0.4, -0.2) is 87.5 Å². The molecule has 7 unspecified atom stereocenters. The minimum Gasteiger partial charge on any atom is -0.394 e. The Morgan fingerprint density at radius 3 is 1.19 bits per heavy atom. The number of hydrogen-bond donors (Lipinski definition) is 6. The van der Waals surface area contributed by atoms with Crippen LogP contribution in [0.15, 0.2) is 97.2 Å².